The first-order chi connectivity index (χ1) is 7.35. The Kier molecular flexibility index (Phi) is 7.19. The third-order valence-electron chi connectivity index (χ3n) is 2.60. The molecule has 0 saturated carbocycles. The molecule has 0 saturated heterocycles. The van der Waals surface area contributed by atoms with Crippen LogP contribution in [0.2, 0.25) is 0 Å². The highest BCUT2D eigenvalue weighted by Crippen LogP contribution is 2.09. The number of nitrogens with two attached hydrogens (primary N) is 1. The van der Waals surface area contributed by atoms with E-state index < -0.39 is 10.0 Å². The van der Waals surface area contributed by atoms with Gasteiger partial charge in [0.25, 0.3) is 0 Å². The Bertz CT molecular complexity index is 270. The van der Waals surface area contributed by atoms with Crippen LogP contribution in [-0.2, 0) is 10.0 Å². The lowest BCUT2D eigenvalue weighted by atomic mass is 10.1. The zero-order valence-corrected chi connectivity index (χ0v) is 11.8. The molecule has 0 amide bonds. The number of hydrogen-bond donors (Lipinski definition) is 1. The summed E-state index contributed by atoms with van der Waals surface area (Å²) in [5, 5.41) is 0. The molecule has 0 aromatic carbocycles. The topological polar surface area (TPSA) is 63.4 Å². The average molecular weight is 250 g/mol. The molecule has 0 bridgehead atoms. The van der Waals surface area contributed by atoms with E-state index >= 15 is 0 Å². The smallest absolute Gasteiger partial charge is 0.215 e. The Morgan fingerprint density at radius 2 is 1.56 bits per heavy atom. The molecule has 0 aromatic rings. The molecule has 0 aliphatic rings. The Balaban J connectivity index is 4.59. The molecular weight excluding hydrogens is 224 g/mol. The average Bonchev–Trinajstić information content (AvgIpc) is 2.16. The van der Waals surface area contributed by atoms with Crippen molar-refractivity contribution in [1.82, 2.24) is 4.31 Å². The maximum absolute atomic E-state index is 12.1. The van der Waals surface area contributed by atoms with Crippen molar-refractivity contribution < 1.29 is 8.42 Å². The molecule has 0 fully saturated rings. The summed E-state index contributed by atoms with van der Waals surface area (Å²) >= 11 is 0. The summed E-state index contributed by atoms with van der Waals surface area (Å²) in [5.41, 5.74) is 5.83. The van der Waals surface area contributed by atoms with Gasteiger partial charge in [-0.15, -0.1) is 0 Å². The van der Waals surface area contributed by atoms with Crippen LogP contribution in [0, 0.1) is 5.92 Å². The van der Waals surface area contributed by atoms with Crippen molar-refractivity contribution in [2.45, 2.75) is 46.6 Å². The summed E-state index contributed by atoms with van der Waals surface area (Å²) < 4.78 is 25.7. The van der Waals surface area contributed by atoms with Crippen LogP contribution in [0.3, 0.4) is 0 Å². The normalized spacial score (nSPS) is 14.7. The van der Waals surface area contributed by atoms with E-state index in [1.807, 2.05) is 27.7 Å². The number of nitrogens with zero attached hydrogens (tertiary/aromatic N) is 1. The van der Waals surface area contributed by atoms with Gasteiger partial charge in [0.1, 0.15) is 0 Å². The summed E-state index contributed by atoms with van der Waals surface area (Å²) in [7, 11) is -3.18. The second kappa shape index (κ2) is 7.25. The summed E-state index contributed by atoms with van der Waals surface area (Å²) in [6.45, 7) is 9.07. The van der Waals surface area contributed by atoms with Gasteiger partial charge in [0.15, 0.2) is 0 Å². The molecule has 0 aliphatic carbocycles. The minimum atomic E-state index is -3.18. The quantitative estimate of drug-likeness (QED) is 0.708. The molecule has 4 nitrogen and oxygen atoms in total. The van der Waals surface area contributed by atoms with E-state index in [0.29, 0.717) is 13.1 Å². The van der Waals surface area contributed by atoms with Gasteiger partial charge in [0, 0.05) is 19.1 Å². The van der Waals surface area contributed by atoms with Gasteiger partial charge in [0.05, 0.1) is 5.75 Å². The molecule has 16 heavy (non-hydrogen) atoms. The molecule has 0 spiro atoms. The Morgan fingerprint density at radius 1 is 1.12 bits per heavy atom. The van der Waals surface area contributed by atoms with Gasteiger partial charge in [-0.3, -0.25) is 0 Å². The van der Waals surface area contributed by atoms with Crippen LogP contribution >= 0.6 is 0 Å². The third-order valence-corrected chi connectivity index (χ3v) is 4.56. The maximum atomic E-state index is 12.1. The van der Waals surface area contributed by atoms with Gasteiger partial charge < -0.3 is 5.73 Å². The van der Waals surface area contributed by atoms with E-state index in [-0.39, 0.29) is 17.7 Å². The predicted octanol–water partition coefficient (Wildman–Crippen LogP) is 1.42. The van der Waals surface area contributed by atoms with Crippen LogP contribution in [-0.4, -0.2) is 37.6 Å². The van der Waals surface area contributed by atoms with Gasteiger partial charge in [-0.25, -0.2) is 12.7 Å². The summed E-state index contributed by atoms with van der Waals surface area (Å²) in [5.74, 6) is 0.255. The fourth-order valence-electron chi connectivity index (χ4n) is 1.43. The first-order valence-corrected chi connectivity index (χ1v) is 7.69. The van der Waals surface area contributed by atoms with Crippen molar-refractivity contribution in [2.75, 3.05) is 18.8 Å². The van der Waals surface area contributed by atoms with Crippen LogP contribution in [0.4, 0.5) is 0 Å². The van der Waals surface area contributed by atoms with Crippen molar-refractivity contribution >= 4 is 10.0 Å². The van der Waals surface area contributed by atoms with Crippen molar-refractivity contribution in [1.29, 1.82) is 0 Å². The predicted molar refractivity (Wildman–Crippen MR) is 68.8 cm³/mol. The van der Waals surface area contributed by atoms with Crippen molar-refractivity contribution in [3.8, 4) is 0 Å². The molecular formula is C11H26N2O2S. The lowest BCUT2D eigenvalue weighted by molar-refractivity contribution is 0.402. The zero-order chi connectivity index (χ0) is 12.8. The molecule has 0 aliphatic heterocycles. The van der Waals surface area contributed by atoms with E-state index in [0.717, 1.165) is 12.8 Å². The van der Waals surface area contributed by atoms with Gasteiger partial charge in [-0.1, -0.05) is 27.7 Å². The molecule has 1 atom stereocenters. The van der Waals surface area contributed by atoms with Crippen molar-refractivity contribution in [2.24, 2.45) is 11.7 Å². The van der Waals surface area contributed by atoms with Gasteiger partial charge in [0.2, 0.25) is 10.0 Å². The lowest BCUT2D eigenvalue weighted by Crippen LogP contribution is -2.42. The molecule has 0 rings (SSSR count). The summed E-state index contributed by atoms with van der Waals surface area (Å²) in [6, 6.07) is -0.277. The molecule has 0 radical (unpaired) electrons. The summed E-state index contributed by atoms with van der Waals surface area (Å²) in [4.78, 5) is 0. The number of sulfonamides is 1. The maximum Gasteiger partial charge on any atom is 0.215 e. The third kappa shape index (κ3) is 5.27. The molecule has 0 aromatic heterocycles. The molecule has 98 valence electrons. The Hall–Kier alpha value is -0.130. The minimum Gasteiger partial charge on any atom is -0.326 e. The number of rotatable bonds is 8. The fraction of sp³-hybridized carbons (Fsp3) is 1.00. The van der Waals surface area contributed by atoms with Crippen LogP contribution in [0.25, 0.3) is 0 Å². The monoisotopic (exact) mass is 250 g/mol. The lowest BCUT2D eigenvalue weighted by Gasteiger charge is -2.24. The van der Waals surface area contributed by atoms with E-state index in [2.05, 4.69) is 0 Å². The van der Waals surface area contributed by atoms with E-state index in [1.54, 1.807) is 4.31 Å². The Morgan fingerprint density at radius 3 is 1.88 bits per heavy atom. The first-order valence-electron chi connectivity index (χ1n) is 6.08. The SMILES string of the molecule is CCCN(CCC)S(=O)(=O)CC(N)C(C)C. The molecule has 5 heteroatoms. The largest absolute Gasteiger partial charge is 0.326 e. The highest BCUT2D eigenvalue weighted by molar-refractivity contribution is 7.89. The summed E-state index contributed by atoms with van der Waals surface area (Å²) in [6.07, 6.45) is 1.69. The van der Waals surface area contributed by atoms with Crippen LogP contribution in [0.1, 0.15) is 40.5 Å². The van der Waals surface area contributed by atoms with E-state index in [1.165, 1.54) is 0 Å². The highest BCUT2D eigenvalue weighted by Gasteiger charge is 2.24. The van der Waals surface area contributed by atoms with Gasteiger partial charge >= 0.3 is 0 Å². The number of hydrogen-bond acceptors (Lipinski definition) is 3. The first kappa shape index (κ1) is 15.9. The van der Waals surface area contributed by atoms with Gasteiger partial charge in [-0.2, -0.15) is 0 Å². The highest BCUT2D eigenvalue weighted by atomic mass is 32.2. The second-order valence-corrected chi connectivity index (χ2v) is 6.60. The molecule has 0 heterocycles. The van der Waals surface area contributed by atoms with E-state index in [9.17, 15) is 8.42 Å². The van der Waals surface area contributed by atoms with Crippen LogP contribution in [0.5, 0.6) is 0 Å². The van der Waals surface area contributed by atoms with Gasteiger partial charge in [-0.05, 0) is 18.8 Å². The minimum absolute atomic E-state index is 0.0602. The van der Waals surface area contributed by atoms with E-state index in [4.69, 9.17) is 5.73 Å². The standard InChI is InChI=1S/C11H26N2O2S/c1-5-7-13(8-6-2)16(14,15)9-11(12)10(3)4/h10-11H,5-9,12H2,1-4H3. The molecule has 1 unspecified atom stereocenters. The Labute approximate surface area is 100 Å². The van der Waals surface area contributed by atoms with Crippen molar-refractivity contribution in [3.05, 3.63) is 0 Å². The fourth-order valence-corrected chi connectivity index (χ4v) is 3.43. The van der Waals surface area contributed by atoms with Crippen LogP contribution in [0.15, 0.2) is 0 Å². The van der Waals surface area contributed by atoms with Crippen LogP contribution < -0.4 is 5.73 Å². The van der Waals surface area contributed by atoms with Crippen molar-refractivity contribution in [3.63, 3.8) is 0 Å². The molecule has 2 N–H and O–H groups in total. The second-order valence-electron chi connectivity index (χ2n) is 4.59. The zero-order valence-electron chi connectivity index (χ0n) is 10.9.